The van der Waals surface area contributed by atoms with Gasteiger partial charge in [0.05, 0.1) is 11.1 Å². The average molecular weight is 370 g/mol. The van der Waals surface area contributed by atoms with Crippen LogP contribution in [0.4, 0.5) is 0 Å². The van der Waals surface area contributed by atoms with Gasteiger partial charge in [-0.15, -0.1) is 0 Å². The summed E-state index contributed by atoms with van der Waals surface area (Å²) in [7, 11) is 3.95. The molecular weight excluding hydrogens is 350 g/mol. The lowest BCUT2D eigenvalue weighted by molar-refractivity contribution is 0.494. The van der Waals surface area contributed by atoms with Crippen LogP contribution >= 0.6 is 35.3 Å². The fraction of sp³-hybridized carbons (Fsp3) is 0.600. The minimum Gasteiger partial charge on any atom is -0.329 e. The molecule has 1 unspecified atom stereocenters. The fourth-order valence-corrected chi connectivity index (χ4v) is 6.23. The summed E-state index contributed by atoms with van der Waals surface area (Å²) in [5.74, 6) is 1.60. The Morgan fingerprint density at radius 2 is 1.96 bits per heavy atom. The van der Waals surface area contributed by atoms with Crippen molar-refractivity contribution in [2.75, 3.05) is 13.1 Å². The van der Waals surface area contributed by atoms with Crippen molar-refractivity contribution < 1.29 is 0 Å². The predicted octanol–water partition coefficient (Wildman–Crippen LogP) is 3.32. The van der Waals surface area contributed by atoms with E-state index in [1.165, 1.54) is 12.8 Å². The van der Waals surface area contributed by atoms with Gasteiger partial charge in [0.2, 0.25) is 0 Å². The Labute approximate surface area is 149 Å². The Morgan fingerprint density at radius 1 is 1.22 bits per heavy atom. The highest BCUT2D eigenvalue weighted by molar-refractivity contribution is 7.99. The van der Waals surface area contributed by atoms with Gasteiger partial charge in [-0.2, -0.15) is 5.10 Å². The van der Waals surface area contributed by atoms with Crippen molar-refractivity contribution in [3.8, 4) is 0 Å². The molecule has 124 valence electrons. The topological polar surface area (TPSA) is 38.9 Å². The Morgan fingerprint density at radius 3 is 2.52 bits per heavy atom. The highest BCUT2D eigenvalue weighted by atomic mass is 35.5. The molecule has 0 bridgehead atoms. The maximum Gasteiger partial charge on any atom is 0.167 e. The van der Waals surface area contributed by atoms with E-state index in [-0.39, 0.29) is 0 Å². The smallest absolute Gasteiger partial charge is 0.167 e. The molecule has 23 heavy (non-hydrogen) atoms. The van der Waals surface area contributed by atoms with Crippen molar-refractivity contribution in [3.63, 3.8) is 0 Å². The number of nitrogens with zero attached hydrogens (tertiary/aromatic N) is 5. The van der Waals surface area contributed by atoms with Gasteiger partial charge in [0.1, 0.15) is 5.15 Å². The lowest BCUT2D eigenvalue weighted by Gasteiger charge is -2.17. The molecule has 0 N–H and O–H groups in total. The summed E-state index contributed by atoms with van der Waals surface area (Å²) >= 11 is 9.97. The lowest BCUT2D eigenvalue weighted by Crippen LogP contribution is -2.15. The van der Waals surface area contributed by atoms with Crippen molar-refractivity contribution in [1.29, 1.82) is 0 Å². The van der Waals surface area contributed by atoms with E-state index in [0.29, 0.717) is 5.25 Å². The summed E-state index contributed by atoms with van der Waals surface area (Å²) in [4.78, 5) is 5.51. The summed E-state index contributed by atoms with van der Waals surface area (Å²) in [5.41, 5.74) is 0. The number of aryl methyl sites for hydroxylation is 2. The van der Waals surface area contributed by atoms with E-state index in [0.717, 1.165) is 40.1 Å². The van der Waals surface area contributed by atoms with Gasteiger partial charge in [-0.3, -0.25) is 4.68 Å². The molecule has 0 amide bonds. The first-order valence-corrected chi connectivity index (χ1v) is 9.87. The second kappa shape index (κ2) is 6.35. The van der Waals surface area contributed by atoms with Crippen molar-refractivity contribution in [3.05, 3.63) is 23.7 Å². The molecular formula is C15H20ClN5S2. The van der Waals surface area contributed by atoms with Gasteiger partial charge < -0.3 is 4.57 Å². The molecule has 8 heteroatoms. The zero-order valence-corrected chi connectivity index (χ0v) is 15.6. The molecule has 2 aromatic heterocycles. The molecule has 1 saturated heterocycles. The van der Waals surface area contributed by atoms with Crippen LogP contribution in [0.2, 0.25) is 5.15 Å². The van der Waals surface area contributed by atoms with E-state index in [2.05, 4.69) is 26.0 Å². The lowest BCUT2D eigenvalue weighted by atomic mass is 10.0. The maximum atomic E-state index is 6.27. The third kappa shape index (κ3) is 3.16. The first kappa shape index (κ1) is 15.9. The Hall–Kier alpha value is -0.630. The number of halogens is 1. The normalized spacial score (nSPS) is 27.7. The minimum absolute atomic E-state index is 0.709. The summed E-state index contributed by atoms with van der Waals surface area (Å²) in [6.45, 7) is 2.30. The molecule has 1 aliphatic heterocycles. The second-order valence-corrected chi connectivity index (χ2v) is 9.18. The van der Waals surface area contributed by atoms with Crippen LogP contribution in [0.5, 0.6) is 0 Å². The van der Waals surface area contributed by atoms with Gasteiger partial charge in [-0.1, -0.05) is 23.4 Å². The standard InChI is InChI=1S/C15H20ClN5S2/c1-19-4-3-17-15(19)22-12-5-10-8-21(9-11(10)6-12)23-13-7-18-20(2)14(13)16/h3-4,7,10-12H,5-6,8-9H2,1-2H3/t10-,11+,12?. The molecule has 2 aliphatic rings. The first-order valence-electron chi connectivity index (χ1n) is 7.84. The first-order chi connectivity index (χ1) is 11.1. The zero-order chi connectivity index (χ0) is 16.0. The molecule has 2 aromatic rings. The average Bonchev–Trinajstić information content (AvgIpc) is 3.23. The molecule has 3 atom stereocenters. The monoisotopic (exact) mass is 369 g/mol. The van der Waals surface area contributed by atoms with Gasteiger partial charge in [0.25, 0.3) is 0 Å². The largest absolute Gasteiger partial charge is 0.329 e. The molecule has 1 saturated carbocycles. The zero-order valence-electron chi connectivity index (χ0n) is 13.2. The highest BCUT2D eigenvalue weighted by Crippen LogP contribution is 2.47. The van der Waals surface area contributed by atoms with Gasteiger partial charge in [-0.25, -0.2) is 9.29 Å². The molecule has 3 heterocycles. The summed E-state index contributed by atoms with van der Waals surface area (Å²) in [6.07, 6.45) is 8.35. The fourth-order valence-electron chi connectivity index (χ4n) is 3.59. The van der Waals surface area contributed by atoms with Crippen molar-refractivity contribution >= 4 is 35.3 Å². The Bertz CT molecular complexity index is 686. The van der Waals surface area contributed by atoms with Crippen molar-refractivity contribution in [1.82, 2.24) is 23.6 Å². The second-order valence-electron chi connectivity index (χ2n) is 6.41. The summed E-state index contributed by atoms with van der Waals surface area (Å²) in [5, 5.41) is 6.80. The van der Waals surface area contributed by atoms with Gasteiger partial charge in [0, 0.05) is 44.8 Å². The molecule has 1 aliphatic carbocycles. The van der Waals surface area contributed by atoms with Gasteiger partial charge in [0.15, 0.2) is 5.16 Å². The maximum absolute atomic E-state index is 6.27. The molecule has 2 fully saturated rings. The van der Waals surface area contributed by atoms with Crippen molar-refractivity contribution in [2.45, 2.75) is 28.1 Å². The predicted molar refractivity (Wildman–Crippen MR) is 94.7 cm³/mol. The van der Waals surface area contributed by atoms with Gasteiger partial charge in [-0.05, 0) is 36.6 Å². The number of fused-ring (bicyclic) bond motifs is 1. The Kier molecular flexibility index (Phi) is 4.38. The van der Waals surface area contributed by atoms with Crippen LogP contribution < -0.4 is 0 Å². The number of hydrogen-bond donors (Lipinski definition) is 0. The number of imidazole rings is 1. The summed E-state index contributed by atoms with van der Waals surface area (Å²) < 4.78 is 6.30. The van der Waals surface area contributed by atoms with Crippen LogP contribution in [0.15, 0.2) is 28.6 Å². The molecule has 0 radical (unpaired) electrons. The molecule has 4 rings (SSSR count). The van der Waals surface area contributed by atoms with Crippen LogP contribution in [-0.2, 0) is 14.1 Å². The third-order valence-corrected chi connectivity index (χ3v) is 7.72. The quantitative estimate of drug-likeness (QED) is 0.773. The van der Waals surface area contributed by atoms with Crippen LogP contribution in [0.25, 0.3) is 0 Å². The third-order valence-electron chi connectivity index (χ3n) is 4.79. The summed E-state index contributed by atoms with van der Waals surface area (Å²) in [6, 6.07) is 0. The number of rotatable bonds is 4. The van der Waals surface area contributed by atoms with Crippen LogP contribution in [0, 0.1) is 11.8 Å². The molecule has 5 nitrogen and oxygen atoms in total. The Balaban J connectivity index is 1.33. The number of aromatic nitrogens is 4. The van der Waals surface area contributed by atoms with E-state index in [1.807, 2.05) is 37.4 Å². The molecule has 0 spiro atoms. The van der Waals surface area contributed by atoms with Crippen LogP contribution in [0.1, 0.15) is 12.8 Å². The number of hydrogen-bond acceptors (Lipinski definition) is 5. The van der Waals surface area contributed by atoms with E-state index in [9.17, 15) is 0 Å². The van der Waals surface area contributed by atoms with E-state index in [1.54, 1.807) is 16.6 Å². The minimum atomic E-state index is 0.709. The van der Waals surface area contributed by atoms with Crippen LogP contribution in [0.3, 0.4) is 0 Å². The van der Waals surface area contributed by atoms with Crippen molar-refractivity contribution in [2.24, 2.45) is 25.9 Å². The van der Waals surface area contributed by atoms with Crippen LogP contribution in [-0.4, -0.2) is 42.0 Å². The van der Waals surface area contributed by atoms with E-state index >= 15 is 0 Å². The SMILES string of the molecule is Cn1ccnc1SC1C[C@@H]2CN(Sc3cnn(C)c3Cl)C[C@@H]2C1. The highest BCUT2D eigenvalue weighted by Gasteiger charge is 2.42. The van der Waals surface area contributed by atoms with E-state index < -0.39 is 0 Å². The van der Waals surface area contributed by atoms with E-state index in [4.69, 9.17) is 11.6 Å². The molecule has 0 aromatic carbocycles. The number of thioether (sulfide) groups is 1. The van der Waals surface area contributed by atoms with Gasteiger partial charge >= 0.3 is 0 Å².